The number of benzene rings is 1. The molecule has 0 aliphatic carbocycles. The lowest BCUT2D eigenvalue weighted by Crippen LogP contribution is -2.35. The maximum atomic E-state index is 12.6. The van der Waals surface area contributed by atoms with E-state index in [1.54, 1.807) is 23.1 Å². The molecule has 19 heavy (non-hydrogen) atoms. The Hall–Kier alpha value is -1.92. The molecular formula is C12H13BF3N2O-. The molecule has 0 spiro atoms. The smallest absolute Gasteiger partial charge is 0.492 e. The van der Waals surface area contributed by atoms with E-state index in [1.807, 2.05) is 0 Å². The lowest BCUT2D eigenvalue weighted by atomic mass is 9.77. The predicted molar refractivity (Wildman–Crippen MR) is 67.6 cm³/mol. The van der Waals surface area contributed by atoms with Gasteiger partial charge >= 0.3 is 6.98 Å². The standard InChI is InChI=1S/C12H13BF3N2O/c1-10-9-11(3-4-12(10)13(14,15)16)19-8-7-18-6-2-5-17-18/h2-6,9H,7-8H2,1H3/q-1. The summed E-state index contributed by atoms with van der Waals surface area (Å²) in [5.74, 6) is 0.438. The van der Waals surface area contributed by atoms with Crippen LogP contribution in [0.15, 0.2) is 36.7 Å². The summed E-state index contributed by atoms with van der Waals surface area (Å²) in [4.78, 5) is 0. The first kappa shape index (κ1) is 13.5. The Labute approximate surface area is 109 Å². The highest BCUT2D eigenvalue weighted by Crippen LogP contribution is 2.17. The van der Waals surface area contributed by atoms with Crippen LogP contribution in [0.25, 0.3) is 0 Å². The number of hydrogen-bond donors (Lipinski definition) is 0. The summed E-state index contributed by atoms with van der Waals surface area (Å²) in [6, 6.07) is 5.62. The summed E-state index contributed by atoms with van der Waals surface area (Å²) in [7, 11) is 0. The van der Waals surface area contributed by atoms with Gasteiger partial charge in [0.15, 0.2) is 0 Å². The van der Waals surface area contributed by atoms with Crippen LogP contribution in [-0.2, 0) is 6.54 Å². The molecule has 0 fully saturated rings. The summed E-state index contributed by atoms with van der Waals surface area (Å²) in [5.41, 5.74) is -0.386. The van der Waals surface area contributed by atoms with Gasteiger partial charge in [-0.3, -0.25) is 4.68 Å². The summed E-state index contributed by atoms with van der Waals surface area (Å²) >= 11 is 0. The third-order valence-corrected chi connectivity index (χ3v) is 2.74. The van der Waals surface area contributed by atoms with Crippen LogP contribution in [0.4, 0.5) is 12.9 Å². The monoisotopic (exact) mass is 269 g/mol. The van der Waals surface area contributed by atoms with Crippen LogP contribution < -0.4 is 10.2 Å². The van der Waals surface area contributed by atoms with Crippen molar-refractivity contribution in [2.45, 2.75) is 13.5 Å². The number of ether oxygens (including phenoxy) is 1. The molecule has 0 radical (unpaired) electrons. The van der Waals surface area contributed by atoms with Crippen LogP contribution in [0, 0.1) is 6.92 Å². The molecule has 0 atom stereocenters. The Kier molecular flexibility index (Phi) is 3.83. The van der Waals surface area contributed by atoms with Gasteiger partial charge < -0.3 is 17.7 Å². The number of rotatable bonds is 5. The largest absolute Gasteiger partial charge is 0.509 e. The maximum Gasteiger partial charge on any atom is 0.509 e. The van der Waals surface area contributed by atoms with Crippen LogP contribution in [0.3, 0.4) is 0 Å². The molecule has 2 aromatic rings. The lowest BCUT2D eigenvalue weighted by Gasteiger charge is -2.18. The SMILES string of the molecule is Cc1cc(OCCn2cccn2)ccc1[B-](F)(F)F. The van der Waals surface area contributed by atoms with Crippen LogP contribution in [0.2, 0.25) is 0 Å². The second kappa shape index (κ2) is 5.38. The van der Waals surface area contributed by atoms with Gasteiger partial charge in [-0.2, -0.15) is 5.10 Å². The average molecular weight is 269 g/mol. The fraction of sp³-hybridized carbons (Fsp3) is 0.250. The molecule has 0 bridgehead atoms. The van der Waals surface area contributed by atoms with Crippen LogP contribution >= 0.6 is 0 Å². The van der Waals surface area contributed by atoms with Gasteiger partial charge in [0.25, 0.3) is 0 Å². The zero-order chi connectivity index (χ0) is 13.9. The zero-order valence-electron chi connectivity index (χ0n) is 10.4. The van der Waals surface area contributed by atoms with E-state index in [-0.39, 0.29) is 5.56 Å². The number of hydrogen-bond acceptors (Lipinski definition) is 2. The van der Waals surface area contributed by atoms with Crippen molar-refractivity contribution in [3.8, 4) is 5.75 Å². The quantitative estimate of drug-likeness (QED) is 0.779. The van der Waals surface area contributed by atoms with Crippen molar-refractivity contribution in [3.05, 3.63) is 42.2 Å². The highest BCUT2D eigenvalue weighted by molar-refractivity contribution is 6.74. The molecular weight excluding hydrogens is 256 g/mol. The number of halogens is 3. The van der Waals surface area contributed by atoms with Gasteiger partial charge in [-0.05, 0) is 25.1 Å². The number of nitrogens with zero attached hydrogens (tertiary/aromatic N) is 2. The van der Waals surface area contributed by atoms with E-state index in [2.05, 4.69) is 5.10 Å². The van der Waals surface area contributed by atoms with Gasteiger partial charge in [-0.1, -0.05) is 11.6 Å². The Morgan fingerprint density at radius 3 is 2.68 bits per heavy atom. The third kappa shape index (κ3) is 3.53. The van der Waals surface area contributed by atoms with Gasteiger partial charge in [0.2, 0.25) is 0 Å². The van der Waals surface area contributed by atoms with Crippen LogP contribution in [-0.4, -0.2) is 23.4 Å². The van der Waals surface area contributed by atoms with E-state index in [0.717, 1.165) is 6.07 Å². The van der Waals surface area contributed by atoms with Crippen molar-refractivity contribution in [1.29, 1.82) is 0 Å². The summed E-state index contributed by atoms with van der Waals surface area (Å²) in [5, 5.41) is 4.00. The maximum absolute atomic E-state index is 12.6. The van der Waals surface area contributed by atoms with Gasteiger partial charge in [-0.15, -0.1) is 5.46 Å². The molecule has 0 saturated carbocycles. The third-order valence-electron chi connectivity index (χ3n) is 2.74. The van der Waals surface area contributed by atoms with Gasteiger partial charge in [-0.25, -0.2) is 0 Å². The van der Waals surface area contributed by atoms with Crippen molar-refractivity contribution in [2.75, 3.05) is 6.61 Å². The Bertz CT molecular complexity index is 540. The molecule has 0 aliphatic rings. The van der Waals surface area contributed by atoms with Crippen molar-refractivity contribution in [3.63, 3.8) is 0 Å². The molecule has 0 N–H and O–H groups in total. The lowest BCUT2D eigenvalue weighted by molar-refractivity contribution is 0.291. The molecule has 0 unspecified atom stereocenters. The van der Waals surface area contributed by atoms with Gasteiger partial charge in [0.1, 0.15) is 12.4 Å². The van der Waals surface area contributed by atoms with Crippen LogP contribution in [0.1, 0.15) is 5.56 Å². The fourth-order valence-corrected chi connectivity index (χ4v) is 1.79. The average Bonchev–Trinajstić information content (AvgIpc) is 2.80. The van der Waals surface area contributed by atoms with E-state index in [9.17, 15) is 12.9 Å². The highest BCUT2D eigenvalue weighted by atomic mass is 19.4. The summed E-state index contributed by atoms with van der Waals surface area (Å²) < 4.78 is 45.0. The first-order valence-electron chi connectivity index (χ1n) is 5.87. The Balaban J connectivity index is 1.97. The van der Waals surface area contributed by atoms with Crippen molar-refractivity contribution >= 4 is 12.4 Å². The Morgan fingerprint density at radius 2 is 2.11 bits per heavy atom. The van der Waals surface area contributed by atoms with Crippen molar-refractivity contribution in [2.24, 2.45) is 0 Å². The van der Waals surface area contributed by atoms with E-state index in [4.69, 9.17) is 4.74 Å². The summed E-state index contributed by atoms with van der Waals surface area (Å²) in [6.45, 7) is -2.62. The molecule has 0 aliphatic heterocycles. The minimum absolute atomic E-state index is 0.184. The zero-order valence-corrected chi connectivity index (χ0v) is 10.4. The van der Waals surface area contributed by atoms with E-state index in [1.165, 1.54) is 19.1 Å². The van der Waals surface area contributed by atoms with E-state index < -0.39 is 12.4 Å². The van der Waals surface area contributed by atoms with E-state index >= 15 is 0 Å². The van der Waals surface area contributed by atoms with Gasteiger partial charge in [0, 0.05) is 12.4 Å². The first-order valence-corrected chi connectivity index (χ1v) is 5.87. The van der Waals surface area contributed by atoms with Gasteiger partial charge in [0.05, 0.1) is 6.54 Å². The fourth-order valence-electron chi connectivity index (χ4n) is 1.79. The minimum Gasteiger partial charge on any atom is -0.492 e. The molecule has 2 rings (SSSR count). The Morgan fingerprint density at radius 1 is 1.32 bits per heavy atom. The topological polar surface area (TPSA) is 27.1 Å². The summed E-state index contributed by atoms with van der Waals surface area (Å²) in [6.07, 6.45) is 3.45. The normalized spacial score (nSPS) is 11.6. The molecule has 1 aromatic carbocycles. The molecule has 7 heteroatoms. The second-order valence-corrected chi connectivity index (χ2v) is 4.21. The van der Waals surface area contributed by atoms with Crippen molar-refractivity contribution in [1.82, 2.24) is 9.78 Å². The predicted octanol–water partition coefficient (Wildman–Crippen LogP) is 2.32. The molecule has 0 saturated heterocycles. The second-order valence-electron chi connectivity index (χ2n) is 4.21. The first-order chi connectivity index (χ1) is 8.97. The van der Waals surface area contributed by atoms with E-state index in [0.29, 0.717) is 18.9 Å². The molecule has 0 amide bonds. The molecule has 3 nitrogen and oxygen atoms in total. The number of aryl methyl sites for hydroxylation is 1. The molecule has 102 valence electrons. The van der Waals surface area contributed by atoms with Crippen molar-refractivity contribution < 1.29 is 17.7 Å². The highest BCUT2D eigenvalue weighted by Gasteiger charge is 2.27. The minimum atomic E-state index is -4.96. The molecule has 1 heterocycles. The van der Waals surface area contributed by atoms with Crippen LogP contribution in [0.5, 0.6) is 5.75 Å². The molecule has 1 aromatic heterocycles. The number of aromatic nitrogens is 2.